The van der Waals surface area contributed by atoms with Gasteiger partial charge in [-0.2, -0.15) is 0 Å². The Labute approximate surface area is 178 Å². The van der Waals surface area contributed by atoms with Crippen LogP contribution in [0.5, 0.6) is 0 Å². The Morgan fingerprint density at radius 1 is 1.21 bits per heavy atom. The summed E-state index contributed by atoms with van der Waals surface area (Å²) in [5, 5.41) is 9.08. The van der Waals surface area contributed by atoms with E-state index >= 15 is 0 Å². The summed E-state index contributed by atoms with van der Waals surface area (Å²) in [6, 6.07) is 10.4. The number of nitrogens with zero attached hydrogens (tertiary/aromatic N) is 3. The topological polar surface area (TPSA) is 39.9 Å². The van der Waals surface area contributed by atoms with E-state index in [4.69, 9.17) is 4.43 Å². The fraction of sp³-hybridized carbons (Fsp3) is 0.583. The minimum Gasteiger partial charge on any atom is -0.408 e. The van der Waals surface area contributed by atoms with Crippen LogP contribution in [0.25, 0.3) is 0 Å². The highest BCUT2D eigenvalue weighted by molar-refractivity contribution is 6.74. The summed E-state index contributed by atoms with van der Waals surface area (Å²) in [7, 11) is -1.91. The van der Waals surface area contributed by atoms with E-state index in [0.717, 1.165) is 25.1 Å². The quantitative estimate of drug-likeness (QED) is 0.232. The van der Waals surface area contributed by atoms with Crippen molar-refractivity contribution in [3.63, 3.8) is 0 Å². The van der Waals surface area contributed by atoms with Gasteiger partial charge < -0.3 is 4.43 Å². The molecule has 1 aromatic heterocycles. The number of unbranched alkanes of at least 4 members (excludes halogenated alkanes) is 1. The molecule has 0 fully saturated rings. The lowest BCUT2D eigenvalue weighted by molar-refractivity contribution is 0.147. The number of rotatable bonds is 11. The number of allylic oxidation sites excluding steroid dienone is 1. The molecule has 0 amide bonds. The maximum absolute atomic E-state index is 6.83. The van der Waals surface area contributed by atoms with Crippen molar-refractivity contribution < 1.29 is 4.43 Å². The summed E-state index contributed by atoms with van der Waals surface area (Å²) >= 11 is 0. The lowest BCUT2D eigenvalue weighted by Gasteiger charge is -2.39. The third-order valence-corrected chi connectivity index (χ3v) is 10.5. The van der Waals surface area contributed by atoms with Crippen molar-refractivity contribution in [3.05, 3.63) is 60.4 Å². The van der Waals surface area contributed by atoms with Gasteiger partial charge in [0.1, 0.15) is 5.69 Å². The van der Waals surface area contributed by atoms with Gasteiger partial charge in [-0.05, 0) is 48.9 Å². The van der Waals surface area contributed by atoms with Gasteiger partial charge in [0.05, 0.1) is 18.8 Å². The van der Waals surface area contributed by atoms with Gasteiger partial charge in [0.2, 0.25) is 0 Å². The molecule has 0 saturated carbocycles. The van der Waals surface area contributed by atoms with Crippen molar-refractivity contribution in [2.45, 2.75) is 84.2 Å². The first-order valence-corrected chi connectivity index (χ1v) is 13.8. The predicted octanol–water partition coefficient (Wildman–Crippen LogP) is 6.77. The number of benzene rings is 1. The summed E-state index contributed by atoms with van der Waals surface area (Å²) in [5.41, 5.74) is 2.19. The van der Waals surface area contributed by atoms with Crippen LogP contribution in [0.15, 0.2) is 49.2 Å². The van der Waals surface area contributed by atoms with Crippen molar-refractivity contribution in [3.8, 4) is 0 Å². The molecule has 2 atom stereocenters. The third kappa shape index (κ3) is 7.23. The van der Waals surface area contributed by atoms with E-state index in [-0.39, 0.29) is 11.1 Å². The SMILES string of the molecule is C=CCCC[C@H](C)CC(O[Si](C)(C)C(C)(C)C)c1cn(Cc2ccccc2)nn1. The second-order valence-corrected chi connectivity index (χ2v) is 14.5. The van der Waals surface area contributed by atoms with Crippen LogP contribution in [0.3, 0.4) is 0 Å². The zero-order valence-electron chi connectivity index (χ0n) is 19.2. The summed E-state index contributed by atoms with van der Waals surface area (Å²) in [6.45, 7) is 18.4. The maximum atomic E-state index is 6.83. The van der Waals surface area contributed by atoms with Gasteiger partial charge in [-0.15, -0.1) is 11.7 Å². The standard InChI is InChI=1S/C24H39N3OSi/c1-8-9-11-14-20(2)17-23(28-29(6,7)24(3,4)5)22-19-27(26-25-22)18-21-15-12-10-13-16-21/h8,10,12-13,15-16,19-20,23H,1,9,11,14,17-18H2,2-7H3/t20-,23?/m0/s1. The third-order valence-electron chi connectivity index (χ3n) is 6.04. The van der Waals surface area contributed by atoms with Crippen molar-refractivity contribution in [2.24, 2.45) is 5.92 Å². The predicted molar refractivity (Wildman–Crippen MR) is 124 cm³/mol. The van der Waals surface area contributed by atoms with E-state index in [1.54, 1.807) is 0 Å². The molecule has 160 valence electrons. The fourth-order valence-electron chi connectivity index (χ4n) is 3.16. The smallest absolute Gasteiger partial charge is 0.192 e. The Morgan fingerprint density at radius 2 is 1.90 bits per heavy atom. The molecule has 0 aliphatic carbocycles. The lowest BCUT2D eigenvalue weighted by Crippen LogP contribution is -2.42. The fourth-order valence-corrected chi connectivity index (χ4v) is 4.45. The molecule has 0 N–H and O–H groups in total. The Kier molecular flexibility index (Phi) is 8.41. The highest BCUT2D eigenvalue weighted by Crippen LogP contribution is 2.41. The number of hydrogen-bond acceptors (Lipinski definition) is 3. The zero-order valence-corrected chi connectivity index (χ0v) is 20.2. The van der Waals surface area contributed by atoms with Crippen LogP contribution in [0.1, 0.15) is 70.7 Å². The van der Waals surface area contributed by atoms with Gasteiger partial charge >= 0.3 is 0 Å². The van der Waals surface area contributed by atoms with E-state index in [2.05, 4.69) is 88.1 Å². The van der Waals surface area contributed by atoms with Crippen LogP contribution in [-0.4, -0.2) is 23.3 Å². The molecule has 5 heteroatoms. The van der Waals surface area contributed by atoms with Gasteiger partial charge in [0.15, 0.2) is 8.32 Å². The minimum atomic E-state index is -1.91. The average molecular weight is 414 g/mol. The molecule has 1 unspecified atom stereocenters. The van der Waals surface area contributed by atoms with Crippen LogP contribution in [0.4, 0.5) is 0 Å². The molecule has 0 saturated heterocycles. The van der Waals surface area contributed by atoms with Gasteiger partial charge in [0, 0.05) is 0 Å². The van der Waals surface area contributed by atoms with Crippen molar-refractivity contribution in [1.82, 2.24) is 15.0 Å². The first kappa shape index (κ1) is 23.6. The summed E-state index contributed by atoms with van der Waals surface area (Å²) in [6.07, 6.45) is 8.49. The number of aromatic nitrogens is 3. The monoisotopic (exact) mass is 413 g/mol. The van der Waals surface area contributed by atoms with E-state index in [0.29, 0.717) is 5.92 Å². The van der Waals surface area contributed by atoms with E-state index in [1.165, 1.54) is 18.4 Å². The number of hydrogen-bond donors (Lipinski definition) is 0. The van der Waals surface area contributed by atoms with Crippen molar-refractivity contribution in [2.75, 3.05) is 0 Å². The molecule has 0 radical (unpaired) electrons. The van der Waals surface area contributed by atoms with Crippen LogP contribution in [0, 0.1) is 5.92 Å². The molecule has 0 aliphatic heterocycles. The van der Waals surface area contributed by atoms with Crippen LogP contribution in [-0.2, 0) is 11.0 Å². The summed E-state index contributed by atoms with van der Waals surface area (Å²) in [5.74, 6) is 0.573. The Balaban J connectivity index is 2.16. The second-order valence-electron chi connectivity index (χ2n) is 9.75. The highest BCUT2D eigenvalue weighted by atomic mass is 28.4. The molecule has 29 heavy (non-hydrogen) atoms. The average Bonchev–Trinajstić information content (AvgIpc) is 3.09. The molecule has 0 bridgehead atoms. The van der Waals surface area contributed by atoms with Gasteiger partial charge in [-0.3, -0.25) is 0 Å². The molecule has 2 aromatic rings. The first-order chi connectivity index (χ1) is 13.6. The van der Waals surface area contributed by atoms with Crippen LogP contribution < -0.4 is 0 Å². The molecule has 1 heterocycles. The van der Waals surface area contributed by atoms with Crippen molar-refractivity contribution >= 4 is 8.32 Å². The molecule has 0 spiro atoms. The summed E-state index contributed by atoms with van der Waals surface area (Å²) < 4.78 is 8.76. The Bertz CT molecular complexity index is 749. The maximum Gasteiger partial charge on any atom is 0.192 e. The minimum absolute atomic E-state index is 0.000791. The molecule has 0 aliphatic rings. The Hall–Kier alpha value is -1.72. The van der Waals surface area contributed by atoms with Gasteiger partial charge in [0.25, 0.3) is 0 Å². The highest BCUT2D eigenvalue weighted by Gasteiger charge is 2.40. The zero-order chi connectivity index (χ0) is 21.5. The molecule has 2 rings (SSSR count). The van der Waals surface area contributed by atoms with E-state index in [1.807, 2.05) is 16.8 Å². The van der Waals surface area contributed by atoms with E-state index in [9.17, 15) is 0 Å². The van der Waals surface area contributed by atoms with E-state index < -0.39 is 8.32 Å². The van der Waals surface area contributed by atoms with Gasteiger partial charge in [-0.25, -0.2) is 4.68 Å². The molecule has 1 aromatic carbocycles. The normalized spacial score (nSPS) is 14.6. The second kappa shape index (κ2) is 10.3. The first-order valence-electron chi connectivity index (χ1n) is 10.8. The molecule has 4 nitrogen and oxygen atoms in total. The molecular formula is C24H39N3OSi. The lowest BCUT2D eigenvalue weighted by atomic mass is 9.96. The van der Waals surface area contributed by atoms with Gasteiger partial charge in [-0.1, -0.05) is 75.7 Å². The Morgan fingerprint density at radius 3 is 2.52 bits per heavy atom. The largest absolute Gasteiger partial charge is 0.408 e. The van der Waals surface area contributed by atoms with Crippen molar-refractivity contribution in [1.29, 1.82) is 0 Å². The molecular weight excluding hydrogens is 374 g/mol. The van der Waals surface area contributed by atoms with Crippen LogP contribution in [0.2, 0.25) is 18.1 Å². The van der Waals surface area contributed by atoms with Crippen LogP contribution >= 0.6 is 0 Å². The summed E-state index contributed by atoms with van der Waals surface area (Å²) in [4.78, 5) is 0.